The lowest BCUT2D eigenvalue weighted by Gasteiger charge is -2.08. The molecule has 1 heterocycles. The number of aliphatic carboxylic acids is 1. The van der Waals surface area contributed by atoms with E-state index in [4.69, 9.17) is 9.63 Å². The van der Waals surface area contributed by atoms with Gasteiger partial charge in [-0.25, -0.2) is 0 Å². The Labute approximate surface area is 121 Å². The third-order valence-electron chi connectivity index (χ3n) is 3.08. The van der Waals surface area contributed by atoms with Crippen molar-refractivity contribution in [3.05, 3.63) is 47.3 Å². The van der Waals surface area contributed by atoms with Crippen molar-refractivity contribution in [2.75, 3.05) is 5.32 Å². The lowest BCUT2D eigenvalue weighted by Crippen LogP contribution is -2.14. The summed E-state index contributed by atoms with van der Waals surface area (Å²) < 4.78 is 4.89. The number of hydrogen-bond acceptors (Lipinski definition) is 4. The lowest BCUT2D eigenvalue weighted by atomic mass is 10.0. The van der Waals surface area contributed by atoms with Crippen molar-refractivity contribution in [2.45, 2.75) is 26.2 Å². The smallest absolute Gasteiger partial charge is 0.310 e. The van der Waals surface area contributed by atoms with Gasteiger partial charge in [0.15, 0.2) is 0 Å². The molecule has 6 nitrogen and oxygen atoms in total. The van der Waals surface area contributed by atoms with E-state index in [2.05, 4.69) is 10.5 Å². The molecule has 0 bridgehead atoms. The average molecular weight is 288 g/mol. The molecule has 1 atom stereocenters. The van der Waals surface area contributed by atoms with Crippen molar-refractivity contribution in [2.24, 2.45) is 0 Å². The summed E-state index contributed by atoms with van der Waals surface area (Å²) in [6, 6.07) is 8.45. The summed E-state index contributed by atoms with van der Waals surface area (Å²) in [6.07, 6.45) is 0.130. The predicted octanol–water partition coefficient (Wildman–Crippen LogP) is 2.35. The van der Waals surface area contributed by atoms with Crippen LogP contribution in [-0.2, 0) is 16.0 Å². The molecular weight excluding hydrogens is 272 g/mol. The highest BCUT2D eigenvalue weighted by molar-refractivity contribution is 5.92. The van der Waals surface area contributed by atoms with Gasteiger partial charge in [0.05, 0.1) is 18.0 Å². The number of aryl methyl sites for hydroxylation is 1. The third-order valence-corrected chi connectivity index (χ3v) is 3.08. The second kappa shape index (κ2) is 6.21. The number of carbonyl (C=O) groups excluding carboxylic acids is 1. The molecule has 0 saturated carbocycles. The van der Waals surface area contributed by atoms with Gasteiger partial charge >= 0.3 is 5.97 Å². The monoisotopic (exact) mass is 288 g/mol. The van der Waals surface area contributed by atoms with E-state index in [1.807, 2.05) is 0 Å². The molecule has 0 aliphatic heterocycles. The molecule has 1 aromatic heterocycles. The average Bonchev–Trinajstić information content (AvgIpc) is 2.83. The maximum Gasteiger partial charge on any atom is 0.310 e. The number of rotatable bonds is 5. The minimum absolute atomic E-state index is 0.130. The maximum atomic E-state index is 11.8. The molecule has 0 radical (unpaired) electrons. The van der Waals surface area contributed by atoms with Crippen molar-refractivity contribution < 1.29 is 19.2 Å². The topological polar surface area (TPSA) is 92.4 Å². The van der Waals surface area contributed by atoms with Gasteiger partial charge in [0.2, 0.25) is 5.91 Å². The molecule has 0 aliphatic rings. The summed E-state index contributed by atoms with van der Waals surface area (Å²) in [5.74, 6) is -1.01. The number of benzene rings is 1. The van der Waals surface area contributed by atoms with Gasteiger partial charge in [0.1, 0.15) is 5.76 Å². The molecule has 2 N–H and O–H groups in total. The summed E-state index contributed by atoms with van der Waals surface area (Å²) in [4.78, 5) is 22.7. The van der Waals surface area contributed by atoms with Crippen LogP contribution >= 0.6 is 0 Å². The van der Waals surface area contributed by atoms with E-state index in [0.717, 1.165) is 0 Å². The molecule has 2 aromatic rings. The van der Waals surface area contributed by atoms with E-state index < -0.39 is 11.9 Å². The standard InChI is InChI=1S/C15H16N2O4/c1-9-7-13(17-21-9)8-14(18)16-12-5-3-11(4-6-12)10(2)15(19)20/h3-7,10H,8H2,1-2H3,(H,16,18)(H,19,20). The van der Waals surface area contributed by atoms with Gasteiger partial charge in [-0.1, -0.05) is 17.3 Å². The Morgan fingerprint density at radius 3 is 2.52 bits per heavy atom. The van der Waals surface area contributed by atoms with Crippen LogP contribution in [0.25, 0.3) is 0 Å². The molecule has 6 heteroatoms. The van der Waals surface area contributed by atoms with Crippen LogP contribution in [0.5, 0.6) is 0 Å². The van der Waals surface area contributed by atoms with Crippen LogP contribution in [0.1, 0.15) is 29.9 Å². The Bertz CT molecular complexity index is 646. The second-order valence-electron chi connectivity index (χ2n) is 4.84. The second-order valence-corrected chi connectivity index (χ2v) is 4.84. The van der Waals surface area contributed by atoms with Crippen LogP contribution in [0.3, 0.4) is 0 Å². The summed E-state index contributed by atoms with van der Waals surface area (Å²) in [7, 11) is 0. The summed E-state index contributed by atoms with van der Waals surface area (Å²) in [5, 5.41) is 15.4. The number of carboxylic acids is 1. The molecule has 2 rings (SSSR count). The number of carbonyl (C=O) groups is 2. The molecule has 0 spiro atoms. The van der Waals surface area contributed by atoms with Crippen LogP contribution in [-0.4, -0.2) is 22.1 Å². The van der Waals surface area contributed by atoms with Crippen molar-refractivity contribution in [1.29, 1.82) is 0 Å². The predicted molar refractivity (Wildman–Crippen MR) is 76.1 cm³/mol. The zero-order chi connectivity index (χ0) is 15.4. The van der Waals surface area contributed by atoms with Gasteiger partial charge < -0.3 is 14.9 Å². The van der Waals surface area contributed by atoms with Gasteiger partial charge in [-0.05, 0) is 31.5 Å². The number of hydrogen-bond donors (Lipinski definition) is 2. The quantitative estimate of drug-likeness (QED) is 0.881. The molecular formula is C15H16N2O4. The van der Waals surface area contributed by atoms with Gasteiger partial charge in [0, 0.05) is 11.8 Å². The Morgan fingerprint density at radius 2 is 2.00 bits per heavy atom. The van der Waals surface area contributed by atoms with Crippen molar-refractivity contribution >= 4 is 17.6 Å². The first-order valence-corrected chi connectivity index (χ1v) is 6.50. The number of nitrogens with one attached hydrogen (secondary N) is 1. The fraction of sp³-hybridized carbons (Fsp3) is 0.267. The highest BCUT2D eigenvalue weighted by Crippen LogP contribution is 2.18. The summed E-state index contributed by atoms with van der Waals surface area (Å²) in [5.41, 5.74) is 1.87. The van der Waals surface area contributed by atoms with Crippen LogP contribution in [0, 0.1) is 6.92 Å². The van der Waals surface area contributed by atoms with Crippen molar-refractivity contribution in [3.63, 3.8) is 0 Å². The zero-order valence-corrected chi connectivity index (χ0v) is 11.8. The highest BCUT2D eigenvalue weighted by atomic mass is 16.5. The molecule has 0 aliphatic carbocycles. The molecule has 110 valence electrons. The first kappa shape index (κ1) is 14.8. The SMILES string of the molecule is Cc1cc(CC(=O)Nc2ccc(C(C)C(=O)O)cc2)no1. The van der Waals surface area contributed by atoms with Crippen LogP contribution in [0.15, 0.2) is 34.9 Å². The van der Waals surface area contributed by atoms with E-state index >= 15 is 0 Å². The normalized spacial score (nSPS) is 11.9. The first-order valence-electron chi connectivity index (χ1n) is 6.50. The molecule has 1 unspecified atom stereocenters. The number of carboxylic acid groups (broad SMARTS) is 1. The van der Waals surface area contributed by atoms with Crippen molar-refractivity contribution in [3.8, 4) is 0 Å². The molecule has 1 amide bonds. The summed E-state index contributed by atoms with van der Waals surface area (Å²) >= 11 is 0. The fourth-order valence-corrected chi connectivity index (χ4v) is 1.87. The molecule has 0 fully saturated rings. The number of anilines is 1. The van der Waals surface area contributed by atoms with Crippen LogP contribution < -0.4 is 5.32 Å². The number of amides is 1. The first-order chi connectivity index (χ1) is 9.95. The largest absolute Gasteiger partial charge is 0.481 e. The van der Waals surface area contributed by atoms with E-state index in [-0.39, 0.29) is 12.3 Å². The van der Waals surface area contributed by atoms with E-state index in [1.54, 1.807) is 44.2 Å². The lowest BCUT2D eigenvalue weighted by molar-refractivity contribution is -0.138. The van der Waals surface area contributed by atoms with Crippen molar-refractivity contribution in [1.82, 2.24) is 5.16 Å². The van der Waals surface area contributed by atoms with Crippen LogP contribution in [0.4, 0.5) is 5.69 Å². The van der Waals surface area contributed by atoms with E-state index in [9.17, 15) is 9.59 Å². The zero-order valence-electron chi connectivity index (χ0n) is 11.8. The Morgan fingerprint density at radius 1 is 1.33 bits per heavy atom. The minimum Gasteiger partial charge on any atom is -0.481 e. The third kappa shape index (κ3) is 3.92. The summed E-state index contributed by atoms with van der Waals surface area (Å²) in [6.45, 7) is 3.37. The van der Waals surface area contributed by atoms with E-state index in [0.29, 0.717) is 22.7 Å². The maximum absolute atomic E-state index is 11.8. The minimum atomic E-state index is -0.881. The van der Waals surface area contributed by atoms with E-state index in [1.165, 1.54) is 0 Å². The molecule has 1 aromatic carbocycles. The number of aromatic nitrogens is 1. The Hall–Kier alpha value is -2.63. The fourth-order valence-electron chi connectivity index (χ4n) is 1.87. The van der Waals surface area contributed by atoms with Gasteiger partial charge in [-0.3, -0.25) is 9.59 Å². The molecule has 0 saturated heterocycles. The number of nitrogens with zero attached hydrogens (tertiary/aromatic N) is 1. The van der Waals surface area contributed by atoms with Gasteiger partial charge in [0.25, 0.3) is 0 Å². The van der Waals surface area contributed by atoms with Gasteiger partial charge in [-0.15, -0.1) is 0 Å². The highest BCUT2D eigenvalue weighted by Gasteiger charge is 2.13. The van der Waals surface area contributed by atoms with Crippen LogP contribution in [0.2, 0.25) is 0 Å². The Balaban J connectivity index is 1.96. The molecule has 21 heavy (non-hydrogen) atoms. The van der Waals surface area contributed by atoms with Gasteiger partial charge in [-0.2, -0.15) is 0 Å². The Kier molecular flexibility index (Phi) is 4.37.